The Balaban J connectivity index is 3.97. The number of hydrogen-bond donors (Lipinski definition) is 2. The zero-order valence-corrected chi connectivity index (χ0v) is 8.10. The minimum atomic E-state index is 0.00245. The molecule has 0 aliphatic heterocycles. The lowest BCUT2D eigenvalue weighted by atomic mass is 10.1. The van der Waals surface area contributed by atoms with E-state index in [0.717, 1.165) is 0 Å². The van der Waals surface area contributed by atoms with Gasteiger partial charge in [-0.1, -0.05) is 0 Å². The summed E-state index contributed by atoms with van der Waals surface area (Å²) in [7, 11) is 0. The van der Waals surface area contributed by atoms with Gasteiger partial charge in [-0.15, -0.1) is 0 Å². The molecule has 0 bridgehead atoms. The zero-order chi connectivity index (χ0) is 9.07. The molecule has 0 rings (SSSR count). The standard InChI is InChI=1S/C8H19N3/c1-6(2)10-7(9)11-8(3,4)5/h6H,1-5H3,(H3,9,10,11). The van der Waals surface area contributed by atoms with Crippen molar-refractivity contribution >= 4 is 5.96 Å². The first-order valence-electron chi connectivity index (χ1n) is 3.93. The van der Waals surface area contributed by atoms with Crippen LogP contribution >= 0.6 is 0 Å². The van der Waals surface area contributed by atoms with Crippen LogP contribution in [0.25, 0.3) is 0 Å². The highest BCUT2D eigenvalue weighted by molar-refractivity contribution is 5.78. The Bertz CT molecular complexity index is 142. The van der Waals surface area contributed by atoms with Crippen molar-refractivity contribution < 1.29 is 0 Å². The highest BCUT2D eigenvalue weighted by Gasteiger charge is 2.09. The second-order valence-electron chi connectivity index (χ2n) is 3.98. The molecule has 0 aromatic heterocycles. The molecule has 0 atom stereocenters. The van der Waals surface area contributed by atoms with Crippen molar-refractivity contribution in [1.82, 2.24) is 5.32 Å². The molecule has 66 valence electrons. The van der Waals surface area contributed by atoms with E-state index in [2.05, 4.69) is 31.1 Å². The number of rotatable bonds is 1. The lowest BCUT2D eigenvalue weighted by molar-refractivity contribution is 0.507. The van der Waals surface area contributed by atoms with Crippen LogP contribution in [0, 0.1) is 0 Å². The molecule has 0 aliphatic carbocycles. The smallest absolute Gasteiger partial charge is 0.189 e. The fourth-order valence-electron chi connectivity index (χ4n) is 0.695. The van der Waals surface area contributed by atoms with E-state index in [1.807, 2.05) is 13.8 Å². The molecule has 0 amide bonds. The molecule has 3 heteroatoms. The third-order valence-corrected chi connectivity index (χ3v) is 0.900. The molecule has 0 spiro atoms. The average molecular weight is 157 g/mol. The van der Waals surface area contributed by atoms with Crippen molar-refractivity contribution in [3.8, 4) is 0 Å². The number of guanidine groups is 1. The Morgan fingerprint density at radius 2 is 1.82 bits per heavy atom. The van der Waals surface area contributed by atoms with Crippen LogP contribution in [0.2, 0.25) is 0 Å². The van der Waals surface area contributed by atoms with Crippen LogP contribution in [0.5, 0.6) is 0 Å². The van der Waals surface area contributed by atoms with Gasteiger partial charge in [0.2, 0.25) is 0 Å². The number of nitrogens with two attached hydrogens (primary N) is 1. The molecule has 0 saturated heterocycles. The van der Waals surface area contributed by atoms with Crippen LogP contribution in [0.1, 0.15) is 34.6 Å². The van der Waals surface area contributed by atoms with E-state index in [4.69, 9.17) is 5.73 Å². The molecule has 3 N–H and O–H groups in total. The number of aliphatic imine (C=N–C) groups is 1. The molecule has 3 nitrogen and oxygen atoms in total. The second kappa shape index (κ2) is 3.60. The fraction of sp³-hybridized carbons (Fsp3) is 0.875. The minimum Gasteiger partial charge on any atom is -0.370 e. The highest BCUT2D eigenvalue weighted by atomic mass is 15.1. The van der Waals surface area contributed by atoms with Crippen LogP contribution in [0.4, 0.5) is 0 Å². The van der Waals surface area contributed by atoms with Crippen molar-refractivity contribution in [2.45, 2.75) is 46.2 Å². The number of nitrogens with zero attached hydrogens (tertiary/aromatic N) is 1. The molecular formula is C8H19N3. The maximum atomic E-state index is 5.60. The lowest BCUT2D eigenvalue weighted by Gasteiger charge is -2.21. The first-order chi connectivity index (χ1) is 4.81. The summed E-state index contributed by atoms with van der Waals surface area (Å²) in [6.45, 7) is 10.1. The van der Waals surface area contributed by atoms with Gasteiger partial charge in [0.1, 0.15) is 0 Å². The van der Waals surface area contributed by atoms with Gasteiger partial charge in [-0.3, -0.25) is 4.99 Å². The van der Waals surface area contributed by atoms with Crippen molar-refractivity contribution in [3.05, 3.63) is 0 Å². The predicted octanol–water partition coefficient (Wildman–Crippen LogP) is 1.10. The molecule has 0 radical (unpaired) electrons. The van der Waals surface area contributed by atoms with Gasteiger partial charge in [0.25, 0.3) is 0 Å². The molecule has 0 aromatic carbocycles. The Kier molecular flexibility index (Phi) is 3.36. The quantitative estimate of drug-likeness (QED) is 0.442. The van der Waals surface area contributed by atoms with Gasteiger partial charge in [-0.05, 0) is 34.6 Å². The zero-order valence-electron chi connectivity index (χ0n) is 8.10. The molecule has 0 unspecified atom stereocenters. The monoisotopic (exact) mass is 157 g/mol. The highest BCUT2D eigenvalue weighted by Crippen LogP contribution is 1.97. The van der Waals surface area contributed by atoms with E-state index < -0.39 is 0 Å². The molecule has 0 aliphatic rings. The molecule has 0 aromatic rings. The molecular weight excluding hydrogens is 138 g/mol. The van der Waals surface area contributed by atoms with Gasteiger partial charge in [-0.25, -0.2) is 0 Å². The summed E-state index contributed by atoms with van der Waals surface area (Å²) >= 11 is 0. The SMILES string of the molecule is CC(C)N=C(N)NC(C)(C)C. The van der Waals surface area contributed by atoms with Crippen LogP contribution in [0.3, 0.4) is 0 Å². The maximum absolute atomic E-state index is 5.60. The summed E-state index contributed by atoms with van der Waals surface area (Å²) in [5.41, 5.74) is 5.60. The number of hydrogen-bond acceptors (Lipinski definition) is 1. The molecule has 0 fully saturated rings. The molecule has 11 heavy (non-hydrogen) atoms. The maximum Gasteiger partial charge on any atom is 0.189 e. The van der Waals surface area contributed by atoms with Crippen LogP contribution in [-0.4, -0.2) is 17.5 Å². The van der Waals surface area contributed by atoms with Gasteiger partial charge in [0.05, 0.1) is 0 Å². The van der Waals surface area contributed by atoms with E-state index in [9.17, 15) is 0 Å². The summed E-state index contributed by atoms with van der Waals surface area (Å²) in [6.07, 6.45) is 0. The normalized spacial score (nSPS) is 13.8. The Hall–Kier alpha value is -0.730. The largest absolute Gasteiger partial charge is 0.370 e. The summed E-state index contributed by atoms with van der Waals surface area (Å²) in [4.78, 5) is 4.15. The molecule has 0 saturated carbocycles. The summed E-state index contributed by atoms with van der Waals surface area (Å²) in [5, 5.41) is 3.08. The van der Waals surface area contributed by atoms with Crippen LogP contribution in [-0.2, 0) is 0 Å². The minimum absolute atomic E-state index is 0.00245. The summed E-state index contributed by atoms with van der Waals surface area (Å²) in [5.74, 6) is 0.521. The van der Waals surface area contributed by atoms with E-state index in [1.165, 1.54) is 0 Å². The van der Waals surface area contributed by atoms with Crippen molar-refractivity contribution in [2.24, 2.45) is 10.7 Å². The van der Waals surface area contributed by atoms with Gasteiger partial charge >= 0.3 is 0 Å². The van der Waals surface area contributed by atoms with Gasteiger partial charge in [0.15, 0.2) is 5.96 Å². The van der Waals surface area contributed by atoms with Gasteiger partial charge < -0.3 is 11.1 Å². The van der Waals surface area contributed by atoms with Crippen LogP contribution in [0.15, 0.2) is 4.99 Å². The van der Waals surface area contributed by atoms with E-state index in [-0.39, 0.29) is 11.6 Å². The van der Waals surface area contributed by atoms with Gasteiger partial charge in [-0.2, -0.15) is 0 Å². The summed E-state index contributed by atoms with van der Waals surface area (Å²) in [6, 6.07) is 0.254. The van der Waals surface area contributed by atoms with Crippen molar-refractivity contribution in [1.29, 1.82) is 0 Å². The number of nitrogens with one attached hydrogen (secondary N) is 1. The topological polar surface area (TPSA) is 50.4 Å². The summed E-state index contributed by atoms with van der Waals surface area (Å²) < 4.78 is 0. The van der Waals surface area contributed by atoms with Crippen LogP contribution < -0.4 is 11.1 Å². The van der Waals surface area contributed by atoms with Crippen molar-refractivity contribution in [2.75, 3.05) is 0 Å². The third-order valence-electron chi connectivity index (χ3n) is 0.900. The van der Waals surface area contributed by atoms with Gasteiger partial charge in [0, 0.05) is 11.6 Å². The third kappa shape index (κ3) is 7.16. The predicted molar refractivity (Wildman–Crippen MR) is 49.6 cm³/mol. The first-order valence-corrected chi connectivity index (χ1v) is 3.93. The van der Waals surface area contributed by atoms with E-state index in [0.29, 0.717) is 5.96 Å². The van der Waals surface area contributed by atoms with E-state index >= 15 is 0 Å². The van der Waals surface area contributed by atoms with Crippen molar-refractivity contribution in [3.63, 3.8) is 0 Å². The fourth-order valence-corrected chi connectivity index (χ4v) is 0.695. The lowest BCUT2D eigenvalue weighted by Crippen LogP contribution is -2.45. The second-order valence-corrected chi connectivity index (χ2v) is 3.98. The Morgan fingerprint density at radius 3 is 2.09 bits per heavy atom. The first kappa shape index (κ1) is 10.3. The average Bonchev–Trinajstić information content (AvgIpc) is 1.53. The Labute approximate surface area is 69.1 Å². The molecule has 0 heterocycles. The van der Waals surface area contributed by atoms with E-state index in [1.54, 1.807) is 0 Å². The Morgan fingerprint density at radius 1 is 1.36 bits per heavy atom.